The summed E-state index contributed by atoms with van der Waals surface area (Å²) >= 11 is 0. The number of nitrogens with two attached hydrogens (primary N) is 1. The van der Waals surface area contributed by atoms with Gasteiger partial charge in [-0.2, -0.15) is 13.2 Å². The molecule has 11 heteroatoms. The van der Waals surface area contributed by atoms with Gasteiger partial charge >= 0.3 is 12.3 Å². The van der Waals surface area contributed by atoms with Crippen LogP contribution < -0.4 is 16.4 Å². The first-order chi connectivity index (χ1) is 13.1. The number of nitrogens with one attached hydrogen (secondary N) is 2. The van der Waals surface area contributed by atoms with Crippen LogP contribution in [0.25, 0.3) is 0 Å². The Morgan fingerprint density at radius 2 is 1.93 bits per heavy atom. The molecule has 1 fully saturated rings. The molecule has 6 nitrogen and oxygen atoms in total. The lowest BCUT2D eigenvalue weighted by atomic mass is 10.2. The van der Waals surface area contributed by atoms with Gasteiger partial charge in [0.1, 0.15) is 17.6 Å². The summed E-state index contributed by atoms with van der Waals surface area (Å²) in [6.45, 7) is -0.330. The molecular formula is C17H15F5N4O2. The van der Waals surface area contributed by atoms with Crippen LogP contribution in [0.15, 0.2) is 24.4 Å². The minimum Gasteiger partial charge on any atom is -0.446 e. The number of ether oxygens (including phenoxy) is 1. The summed E-state index contributed by atoms with van der Waals surface area (Å²) in [6, 6.07) is 2.82. The van der Waals surface area contributed by atoms with Crippen molar-refractivity contribution in [1.29, 1.82) is 0 Å². The summed E-state index contributed by atoms with van der Waals surface area (Å²) in [5.41, 5.74) is 3.59. The molecule has 0 bridgehead atoms. The summed E-state index contributed by atoms with van der Waals surface area (Å²) in [7, 11) is 0. The van der Waals surface area contributed by atoms with E-state index in [2.05, 4.69) is 15.6 Å². The van der Waals surface area contributed by atoms with Gasteiger partial charge in [0.25, 0.3) is 0 Å². The van der Waals surface area contributed by atoms with Gasteiger partial charge in [-0.3, -0.25) is 10.3 Å². The Bertz CT molecular complexity index is 900. The Labute approximate surface area is 155 Å². The normalized spacial score (nSPS) is 13.9. The molecule has 3 rings (SSSR count). The van der Waals surface area contributed by atoms with Crippen LogP contribution in [0.4, 0.5) is 43.8 Å². The number of hydrogen-bond acceptors (Lipinski definition) is 5. The maximum atomic E-state index is 14.4. The number of nitrogen functional groups attached to an aromatic ring is 1. The van der Waals surface area contributed by atoms with Crippen LogP contribution in [-0.2, 0) is 17.5 Å². The third-order valence-corrected chi connectivity index (χ3v) is 3.90. The van der Waals surface area contributed by atoms with Gasteiger partial charge in [0.15, 0.2) is 5.82 Å². The van der Waals surface area contributed by atoms with E-state index in [9.17, 15) is 26.7 Å². The Balaban J connectivity index is 1.67. The first kappa shape index (κ1) is 19.6. The smallest absolute Gasteiger partial charge is 0.433 e. The Hall–Kier alpha value is -3.11. The molecule has 1 heterocycles. The van der Waals surface area contributed by atoms with Crippen molar-refractivity contribution in [2.24, 2.45) is 0 Å². The van der Waals surface area contributed by atoms with E-state index in [1.54, 1.807) is 0 Å². The topological polar surface area (TPSA) is 89.3 Å². The van der Waals surface area contributed by atoms with Gasteiger partial charge < -0.3 is 15.8 Å². The second kappa shape index (κ2) is 7.49. The molecule has 0 atom stereocenters. The van der Waals surface area contributed by atoms with Crippen LogP contribution in [0.2, 0.25) is 0 Å². The zero-order valence-electron chi connectivity index (χ0n) is 14.2. The summed E-state index contributed by atoms with van der Waals surface area (Å²) in [6.07, 6.45) is -3.40. The average molecular weight is 402 g/mol. The lowest BCUT2D eigenvalue weighted by Crippen LogP contribution is -2.16. The number of aromatic nitrogens is 1. The molecule has 1 aliphatic carbocycles. The van der Waals surface area contributed by atoms with Crippen LogP contribution in [0.5, 0.6) is 0 Å². The van der Waals surface area contributed by atoms with Crippen molar-refractivity contribution in [3.63, 3.8) is 0 Å². The van der Waals surface area contributed by atoms with E-state index in [1.165, 1.54) is 12.1 Å². The highest BCUT2D eigenvalue weighted by atomic mass is 19.4. The zero-order chi connectivity index (χ0) is 20.5. The molecule has 150 valence electrons. The lowest BCUT2D eigenvalue weighted by Gasteiger charge is -2.14. The molecule has 4 N–H and O–H groups in total. The van der Waals surface area contributed by atoms with Crippen LogP contribution in [0.1, 0.15) is 24.1 Å². The minimum absolute atomic E-state index is 0.00363. The van der Waals surface area contributed by atoms with Crippen molar-refractivity contribution in [2.75, 3.05) is 16.4 Å². The molecule has 1 amide bonds. The fraction of sp³-hybridized carbons (Fsp3) is 0.294. The number of hydrogen-bond donors (Lipinski definition) is 3. The molecular weight excluding hydrogens is 387 g/mol. The van der Waals surface area contributed by atoms with E-state index in [4.69, 9.17) is 10.5 Å². The second-order valence-corrected chi connectivity index (χ2v) is 6.13. The monoisotopic (exact) mass is 402 g/mol. The number of carbonyl (C=O) groups is 1. The Kier molecular flexibility index (Phi) is 5.25. The number of pyridine rings is 1. The molecule has 0 radical (unpaired) electrons. The van der Waals surface area contributed by atoms with E-state index >= 15 is 0 Å². The molecule has 1 aromatic heterocycles. The number of nitrogens with zero attached hydrogens (tertiary/aromatic N) is 1. The van der Waals surface area contributed by atoms with Gasteiger partial charge in [-0.25, -0.2) is 13.6 Å². The summed E-state index contributed by atoms with van der Waals surface area (Å²) < 4.78 is 70.7. The SMILES string of the molecule is Nc1c(NC(=O)OC2CC2)ccc(NCc2cnc(C(F)(F)F)cc2F)c1F. The van der Waals surface area contributed by atoms with E-state index in [0.29, 0.717) is 0 Å². The number of alkyl halides is 3. The molecule has 0 aliphatic heterocycles. The molecule has 0 spiro atoms. The lowest BCUT2D eigenvalue weighted by molar-refractivity contribution is -0.141. The Morgan fingerprint density at radius 3 is 2.54 bits per heavy atom. The van der Waals surface area contributed by atoms with Gasteiger partial charge in [-0.05, 0) is 25.0 Å². The minimum atomic E-state index is -4.77. The largest absolute Gasteiger partial charge is 0.446 e. The number of rotatable bonds is 5. The molecule has 0 unspecified atom stereocenters. The fourth-order valence-corrected chi connectivity index (χ4v) is 2.25. The van der Waals surface area contributed by atoms with Crippen molar-refractivity contribution >= 4 is 23.2 Å². The number of benzene rings is 1. The van der Waals surface area contributed by atoms with Gasteiger partial charge in [-0.15, -0.1) is 0 Å². The molecule has 1 aromatic carbocycles. The van der Waals surface area contributed by atoms with Gasteiger partial charge in [0.05, 0.1) is 17.1 Å². The van der Waals surface area contributed by atoms with Gasteiger partial charge in [-0.1, -0.05) is 0 Å². The van der Waals surface area contributed by atoms with E-state index < -0.39 is 29.6 Å². The number of amides is 1. The quantitative estimate of drug-likeness (QED) is 0.513. The first-order valence-corrected chi connectivity index (χ1v) is 8.16. The Morgan fingerprint density at radius 1 is 1.25 bits per heavy atom. The molecule has 2 aromatic rings. The highest BCUT2D eigenvalue weighted by molar-refractivity contribution is 5.90. The maximum absolute atomic E-state index is 14.4. The number of anilines is 3. The van der Waals surface area contributed by atoms with Crippen molar-refractivity contribution in [2.45, 2.75) is 31.7 Å². The van der Waals surface area contributed by atoms with Crippen molar-refractivity contribution in [3.05, 3.63) is 47.3 Å². The van der Waals surface area contributed by atoms with Crippen LogP contribution in [0.3, 0.4) is 0 Å². The average Bonchev–Trinajstić information content (AvgIpc) is 3.42. The fourth-order valence-electron chi connectivity index (χ4n) is 2.25. The van der Waals surface area contributed by atoms with Crippen LogP contribution in [-0.4, -0.2) is 17.2 Å². The standard InChI is InChI=1S/C17H15F5N4O2/c18-10-5-13(17(20,21)22)25-7-8(10)6-24-11-3-4-12(15(23)14(11)19)26-16(27)28-9-1-2-9/h3-5,7,9,24H,1-2,6,23H2,(H,26,27). The summed E-state index contributed by atoms with van der Waals surface area (Å²) in [4.78, 5) is 14.8. The molecule has 1 saturated carbocycles. The van der Waals surface area contributed by atoms with Crippen molar-refractivity contribution < 1.29 is 31.5 Å². The predicted molar refractivity (Wildman–Crippen MR) is 90.5 cm³/mol. The van der Waals surface area contributed by atoms with Gasteiger partial charge in [0, 0.05) is 24.4 Å². The maximum Gasteiger partial charge on any atom is 0.433 e. The highest BCUT2D eigenvalue weighted by Crippen LogP contribution is 2.31. The van der Waals surface area contributed by atoms with E-state index in [-0.39, 0.29) is 41.3 Å². The number of halogens is 5. The molecule has 1 aliphatic rings. The van der Waals surface area contributed by atoms with Crippen molar-refractivity contribution in [1.82, 2.24) is 4.98 Å². The van der Waals surface area contributed by atoms with Crippen LogP contribution in [0, 0.1) is 11.6 Å². The van der Waals surface area contributed by atoms with Crippen molar-refractivity contribution in [3.8, 4) is 0 Å². The van der Waals surface area contributed by atoms with Crippen LogP contribution >= 0.6 is 0 Å². The van der Waals surface area contributed by atoms with E-state index in [1.807, 2.05) is 0 Å². The molecule has 28 heavy (non-hydrogen) atoms. The van der Waals surface area contributed by atoms with Gasteiger partial charge in [0.2, 0.25) is 0 Å². The zero-order valence-corrected chi connectivity index (χ0v) is 14.2. The summed E-state index contributed by atoms with van der Waals surface area (Å²) in [5, 5.41) is 4.85. The predicted octanol–water partition coefficient (Wildman–Crippen LogP) is 4.28. The third-order valence-electron chi connectivity index (χ3n) is 3.90. The molecule has 0 saturated heterocycles. The first-order valence-electron chi connectivity index (χ1n) is 8.16. The highest BCUT2D eigenvalue weighted by Gasteiger charge is 2.33. The third kappa shape index (κ3) is 4.59. The number of carbonyl (C=O) groups excluding carboxylic acids is 1. The summed E-state index contributed by atoms with van der Waals surface area (Å²) in [5.74, 6) is -2.05. The van der Waals surface area contributed by atoms with E-state index in [0.717, 1.165) is 19.0 Å². The second-order valence-electron chi connectivity index (χ2n) is 6.13.